The van der Waals surface area contributed by atoms with E-state index in [4.69, 9.17) is 15.0 Å². The number of nitrogen functional groups attached to an aromatic ring is 1. The first-order valence-electron chi connectivity index (χ1n) is 5.58. The van der Waals surface area contributed by atoms with Crippen LogP contribution in [0.3, 0.4) is 0 Å². The molecular weight excluding hydrogens is 216 g/mol. The summed E-state index contributed by atoms with van der Waals surface area (Å²) in [6.07, 6.45) is 0. The number of aromatic nitrogens is 1. The molecule has 0 unspecified atom stereocenters. The van der Waals surface area contributed by atoms with Gasteiger partial charge in [0.15, 0.2) is 0 Å². The molecule has 0 saturated heterocycles. The molecule has 0 aliphatic rings. The number of anilines is 1. The van der Waals surface area contributed by atoms with Crippen molar-refractivity contribution >= 4 is 5.88 Å². The lowest BCUT2D eigenvalue weighted by atomic mass is 10.0. The fraction of sp³-hybridized carbons (Fsp3) is 0.308. The fourth-order valence-corrected chi connectivity index (χ4v) is 1.68. The standard InChI is InChI=1S/C13H16N2O2/c1-4-16-12-6-9(3)8(2)5-10(12)11-7-13(14)17-15-11/h5-7H,4,14H2,1-3H3. The molecule has 0 saturated carbocycles. The highest BCUT2D eigenvalue weighted by atomic mass is 16.5. The highest BCUT2D eigenvalue weighted by Crippen LogP contribution is 2.32. The molecular formula is C13H16N2O2. The lowest BCUT2D eigenvalue weighted by Gasteiger charge is -2.11. The Labute approximate surface area is 100 Å². The summed E-state index contributed by atoms with van der Waals surface area (Å²) >= 11 is 0. The number of hydrogen-bond donors (Lipinski definition) is 1. The van der Waals surface area contributed by atoms with Gasteiger partial charge >= 0.3 is 0 Å². The zero-order chi connectivity index (χ0) is 12.4. The summed E-state index contributed by atoms with van der Waals surface area (Å²) in [6, 6.07) is 5.75. The number of nitrogens with two attached hydrogens (primary N) is 1. The van der Waals surface area contributed by atoms with E-state index in [1.54, 1.807) is 6.07 Å². The second kappa shape index (κ2) is 4.49. The lowest BCUT2D eigenvalue weighted by Crippen LogP contribution is -1.96. The van der Waals surface area contributed by atoms with Crippen LogP contribution in [0.25, 0.3) is 11.3 Å². The summed E-state index contributed by atoms with van der Waals surface area (Å²) in [6.45, 7) is 6.68. The minimum atomic E-state index is 0.306. The molecule has 2 N–H and O–H groups in total. The molecule has 2 rings (SSSR count). The maximum absolute atomic E-state index is 5.61. The maximum Gasteiger partial charge on any atom is 0.222 e. The number of rotatable bonds is 3. The summed E-state index contributed by atoms with van der Waals surface area (Å²) < 4.78 is 10.5. The summed E-state index contributed by atoms with van der Waals surface area (Å²) in [5.74, 6) is 1.12. The number of aryl methyl sites for hydroxylation is 2. The van der Waals surface area contributed by atoms with Gasteiger partial charge in [-0.25, -0.2) is 0 Å². The van der Waals surface area contributed by atoms with E-state index in [9.17, 15) is 0 Å². The van der Waals surface area contributed by atoms with Crippen molar-refractivity contribution in [1.82, 2.24) is 5.16 Å². The molecule has 17 heavy (non-hydrogen) atoms. The van der Waals surface area contributed by atoms with Gasteiger partial charge in [0.1, 0.15) is 11.4 Å². The van der Waals surface area contributed by atoms with Gasteiger partial charge in [-0.3, -0.25) is 0 Å². The van der Waals surface area contributed by atoms with Crippen molar-refractivity contribution < 1.29 is 9.26 Å². The summed E-state index contributed by atoms with van der Waals surface area (Å²) in [5.41, 5.74) is 9.53. The minimum absolute atomic E-state index is 0.306. The van der Waals surface area contributed by atoms with Crippen molar-refractivity contribution in [1.29, 1.82) is 0 Å². The molecule has 4 nitrogen and oxygen atoms in total. The molecule has 0 fully saturated rings. The van der Waals surface area contributed by atoms with Crippen LogP contribution in [0.4, 0.5) is 5.88 Å². The molecule has 0 atom stereocenters. The van der Waals surface area contributed by atoms with Crippen LogP contribution in [0.15, 0.2) is 22.7 Å². The molecule has 0 radical (unpaired) electrons. The molecule has 0 aliphatic carbocycles. The zero-order valence-corrected chi connectivity index (χ0v) is 10.3. The molecule has 4 heteroatoms. The van der Waals surface area contributed by atoms with Crippen molar-refractivity contribution in [3.63, 3.8) is 0 Å². The Kier molecular flexibility index (Phi) is 3.04. The van der Waals surface area contributed by atoms with Gasteiger partial charge in [0, 0.05) is 11.6 Å². The number of hydrogen-bond acceptors (Lipinski definition) is 4. The fourth-order valence-electron chi connectivity index (χ4n) is 1.68. The van der Waals surface area contributed by atoms with Crippen molar-refractivity contribution in [2.75, 3.05) is 12.3 Å². The van der Waals surface area contributed by atoms with E-state index < -0.39 is 0 Å². The van der Waals surface area contributed by atoms with E-state index in [0.29, 0.717) is 18.2 Å². The third-order valence-corrected chi connectivity index (χ3v) is 2.70. The monoisotopic (exact) mass is 232 g/mol. The molecule has 1 aromatic carbocycles. The first-order valence-corrected chi connectivity index (χ1v) is 5.58. The largest absolute Gasteiger partial charge is 0.493 e. The first kappa shape index (κ1) is 11.5. The van der Waals surface area contributed by atoms with Gasteiger partial charge in [0.2, 0.25) is 5.88 Å². The van der Waals surface area contributed by atoms with Crippen molar-refractivity contribution in [2.45, 2.75) is 20.8 Å². The third-order valence-electron chi connectivity index (χ3n) is 2.70. The molecule has 0 bridgehead atoms. The molecule has 90 valence electrons. The smallest absolute Gasteiger partial charge is 0.222 e. The van der Waals surface area contributed by atoms with Gasteiger partial charge in [-0.1, -0.05) is 5.16 Å². The zero-order valence-electron chi connectivity index (χ0n) is 10.3. The maximum atomic E-state index is 5.61. The van der Waals surface area contributed by atoms with Gasteiger partial charge in [-0.05, 0) is 44.0 Å². The van der Waals surface area contributed by atoms with Crippen LogP contribution < -0.4 is 10.5 Å². The number of nitrogens with zero attached hydrogens (tertiary/aromatic N) is 1. The minimum Gasteiger partial charge on any atom is -0.493 e. The van der Waals surface area contributed by atoms with E-state index in [1.807, 2.05) is 19.1 Å². The molecule has 0 spiro atoms. The Morgan fingerprint density at radius 3 is 2.53 bits per heavy atom. The van der Waals surface area contributed by atoms with E-state index in [1.165, 1.54) is 11.1 Å². The van der Waals surface area contributed by atoms with Crippen LogP contribution in [-0.4, -0.2) is 11.8 Å². The van der Waals surface area contributed by atoms with Crippen LogP contribution >= 0.6 is 0 Å². The molecule has 0 amide bonds. The van der Waals surface area contributed by atoms with Crippen LogP contribution in [0.2, 0.25) is 0 Å². The van der Waals surface area contributed by atoms with Crippen molar-refractivity contribution in [3.8, 4) is 17.0 Å². The van der Waals surface area contributed by atoms with Gasteiger partial charge in [0.05, 0.1) is 6.61 Å². The van der Waals surface area contributed by atoms with Gasteiger partial charge in [-0.15, -0.1) is 0 Å². The van der Waals surface area contributed by atoms with Crippen molar-refractivity contribution in [3.05, 3.63) is 29.3 Å². The first-order chi connectivity index (χ1) is 8.11. The van der Waals surface area contributed by atoms with Gasteiger partial charge in [0.25, 0.3) is 0 Å². The van der Waals surface area contributed by atoms with Crippen LogP contribution in [0.1, 0.15) is 18.1 Å². The highest BCUT2D eigenvalue weighted by Gasteiger charge is 2.12. The molecule has 0 aliphatic heterocycles. The molecule has 1 aromatic heterocycles. The van der Waals surface area contributed by atoms with E-state index in [2.05, 4.69) is 19.0 Å². The number of benzene rings is 1. The summed E-state index contributed by atoms with van der Waals surface area (Å²) in [5, 5.41) is 3.92. The quantitative estimate of drug-likeness (QED) is 0.883. The average Bonchev–Trinajstić information content (AvgIpc) is 2.70. The van der Waals surface area contributed by atoms with Crippen LogP contribution in [0.5, 0.6) is 5.75 Å². The molecule has 2 aromatic rings. The van der Waals surface area contributed by atoms with Gasteiger partial charge < -0.3 is 15.0 Å². The Morgan fingerprint density at radius 2 is 1.94 bits per heavy atom. The lowest BCUT2D eigenvalue weighted by molar-refractivity contribution is 0.341. The predicted molar refractivity (Wildman–Crippen MR) is 67.0 cm³/mol. The Bertz CT molecular complexity index is 532. The third kappa shape index (κ3) is 2.25. The van der Waals surface area contributed by atoms with E-state index in [-0.39, 0.29) is 0 Å². The Balaban J connectivity index is 2.54. The Morgan fingerprint density at radius 1 is 1.24 bits per heavy atom. The SMILES string of the molecule is CCOc1cc(C)c(C)cc1-c1cc(N)on1. The topological polar surface area (TPSA) is 61.3 Å². The highest BCUT2D eigenvalue weighted by molar-refractivity contribution is 5.70. The number of ether oxygens (including phenoxy) is 1. The second-order valence-corrected chi connectivity index (χ2v) is 3.98. The molecule has 1 heterocycles. The average molecular weight is 232 g/mol. The summed E-state index contributed by atoms with van der Waals surface area (Å²) in [4.78, 5) is 0. The normalized spacial score (nSPS) is 10.5. The van der Waals surface area contributed by atoms with E-state index in [0.717, 1.165) is 11.3 Å². The summed E-state index contributed by atoms with van der Waals surface area (Å²) in [7, 11) is 0. The van der Waals surface area contributed by atoms with Crippen LogP contribution in [-0.2, 0) is 0 Å². The second-order valence-electron chi connectivity index (χ2n) is 3.98. The Hall–Kier alpha value is -1.97. The van der Waals surface area contributed by atoms with Crippen molar-refractivity contribution in [2.24, 2.45) is 0 Å². The predicted octanol–water partition coefficient (Wildman–Crippen LogP) is 2.94. The van der Waals surface area contributed by atoms with E-state index >= 15 is 0 Å². The van der Waals surface area contributed by atoms with Crippen LogP contribution in [0, 0.1) is 13.8 Å². The van der Waals surface area contributed by atoms with Gasteiger partial charge in [-0.2, -0.15) is 0 Å².